The Balaban J connectivity index is 1.31. The molecular formula is C23H23NO4. The molecule has 1 fully saturated rings. The van der Waals surface area contributed by atoms with Crippen molar-refractivity contribution in [2.45, 2.75) is 44.4 Å². The van der Waals surface area contributed by atoms with Gasteiger partial charge in [-0.2, -0.15) is 0 Å². The molecule has 1 heterocycles. The minimum atomic E-state index is -0.494. The van der Waals surface area contributed by atoms with Gasteiger partial charge in [-0.1, -0.05) is 60.8 Å². The molecule has 1 saturated carbocycles. The maximum atomic E-state index is 12.3. The highest BCUT2D eigenvalue weighted by molar-refractivity contribution is 5.98. The summed E-state index contributed by atoms with van der Waals surface area (Å²) in [5.41, 5.74) is 3.01. The van der Waals surface area contributed by atoms with E-state index < -0.39 is 5.97 Å². The Morgan fingerprint density at radius 1 is 1.00 bits per heavy atom. The Bertz CT molecular complexity index is 968. The lowest BCUT2D eigenvalue weighted by Crippen LogP contribution is -2.16. The number of aromatic nitrogens is 1. The number of carbonyl (C=O) groups is 2. The summed E-state index contributed by atoms with van der Waals surface area (Å²) in [5.74, 6) is -0.0900. The van der Waals surface area contributed by atoms with Gasteiger partial charge < -0.3 is 9.26 Å². The van der Waals surface area contributed by atoms with Gasteiger partial charge >= 0.3 is 5.97 Å². The third-order valence-corrected chi connectivity index (χ3v) is 5.44. The molecule has 2 aromatic carbocycles. The molecule has 0 atom stereocenters. The molecule has 1 aromatic heterocycles. The zero-order valence-corrected chi connectivity index (χ0v) is 15.7. The van der Waals surface area contributed by atoms with Crippen LogP contribution in [-0.4, -0.2) is 23.5 Å². The van der Waals surface area contributed by atoms with E-state index in [-0.39, 0.29) is 18.8 Å². The number of ketones is 1. The Morgan fingerprint density at radius 3 is 2.54 bits per heavy atom. The van der Waals surface area contributed by atoms with Crippen LogP contribution in [0.4, 0.5) is 0 Å². The highest BCUT2D eigenvalue weighted by atomic mass is 16.5. The van der Waals surface area contributed by atoms with Gasteiger partial charge in [0.2, 0.25) is 0 Å². The summed E-state index contributed by atoms with van der Waals surface area (Å²) >= 11 is 0. The van der Waals surface area contributed by atoms with E-state index in [1.54, 1.807) is 6.07 Å². The molecule has 1 aliphatic carbocycles. The number of Topliss-reactive ketones (excluding diaryl/α,β-unsaturated/α-hetero) is 1. The molecule has 144 valence electrons. The Morgan fingerprint density at radius 2 is 1.75 bits per heavy atom. The average Bonchev–Trinajstić information content (AvgIpc) is 3.15. The van der Waals surface area contributed by atoms with Crippen molar-refractivity contribution >= 4 is 22.7 Å². The van der Waals surface area contributed by atoms with E-state index in [4.69, 9.17) is 9.26 Å². The highest BCUT2D eigenvalue weighted by Gasteiger charge is 2.17. The van der Waals surface area contributed by atoms with E-state index in [1.807, 2.05) is 42.5 Å². The van der Waals surface area contributed by atoms with Crippen molar-refractivity contribution in [3.8, 4) is 0 Å². The van der Waals surface area contributed by atoms with Gasteiger partial charge in [0.1, 0.15) is 5.69 Å². The molecule has 4 rings (SSSR count). The first-order valence-corrected chi connectivity index (χ1v) is 9.83. The summed E-state index contributed by atoms with van der Waals surface area (Å²) in [6.07, 6.45) is 6.31. The number of fused-ring (bicyclic) bond motifs is 1. The quantitative estimate of drug-likeness (QED) is 0.454. The van der Waals surface area contributed by atoms with Gasteiger partial charge in [0.25, 0.3) is 0 Å². The maximum Gasteiger partial charge on any atom is 0.312 e. The van der Waals surface area contributed by atoms with Gasteiger partial charge in [-0.15, -0.1) is 0 Å². The first kappa shape index (κ1) is 18.4. The molecule has 0 amide bonds. The van der Waals surface area contributed by atoms with Crippen LogP contribution >= 0.6 is 0 Å². The third-order valence-electron chi connectivity index (χ3n) is 5.44. The summed E-state index contributed by atoms with van der Waals surface area (Å²) < 4.78 is 10.3. The SMILES string of the molecule is O=C(Cc1noc2ccccc12)OCC(=O)c1ccc(C2CCCCC2)cc1. The number of para-hydroxylation sites is 1. The molecular weight excluding hydrogens is 354 g/mol. The van der Waals surface area contributed by atoms with Crippen LogP contribution in [0.2, 0.25) is 0 Å². The van der Waals surface area contributed by atoms with Crippen LogP contribution in [0.25, 0.3) is 11.0 Å². The van der Waals surface area contributed by atoms with Crippen molar-refractivity contribution in [2.24, 2.45) is 0 Å². The zero-order chi connectivity index (χ0) is 19.3. The molecule has 3 aromatic rings. The Labute approximate surface area is 163 Å². The molecule has 5 nitrogen and oxygen atoms in total. The van der Waals surface area contributed by atoms with Crippen molar-refractivity contribution in [3.05, 3.63) is 65.4 Å². The van der Waals surface area contributed by atoms with E-state index in [0.29, 0.717) is 22.8 Å². The number of rotatable bonds is 6. The second-order valence-electron chi connectivity index (χ2n) is 7.34. The number of hydrogen-bond donors (Lipinski definition) is 0. The van der Waals surface area contributed by atoms with Gasteiger partial charge in [-0.25, -0.2) is 0 Å². The van der Waals surface area contributed by atoms with Gasteiger partial charge in [0.15, 0.2) is 18.0 Å². The lowest BCUT2D eigenvalue weighted by atomic mass is 9.84. The van der Waals surface area contributed by atoms with Crippen molar-refractivity contribution in [3.63, 3.8) is 0 Å². The minimum Gasteiger partial charge on any atom is -0.457 e. The number of hydrogen-bond acceptors (Lipinski definition) is 5. The topological polar surface area (TPSA) is 69.4 Å². The predicted molar refractivity (Wildman–Crippen MR) is 105 cm³/mol. The van der Waals surface area contributed by atoms with E-state index >= 15 is 0 Å². The largest absolute Gasteiger partial charge is 0.457 e. The molecule has 0 spiro atoms. The number of esters is 1. The predicted octanol–water partition coefficient (Wildman–Crippen LogP) is 4.84. The molecule has 0 aliphatic heterocycles. The number of ether oxygens (including phenoxy) is 1. The summed E-state index contributed by atoms with van der Waals surface area (Å²) in [4.78, 5) is 24.4. The van der Waals surface area contributed by atoms with Gasteiger partial charge in [0.05, 0.1) is 6.42 Å². The molecule has 0 N–H and O–H groups in total. The fourth-order valence-electron chi connectivity index (χ4n) is 3.86. The van der Waals surface area contributed by atoms with E-state index in [1.165, 1.54) is 37.7 Å². The minimum absolute atomic E-state index is 0.0229. The fraction of sp³-hybridized carbons (Fsp3) is 0.348. The lowest BCUT2D eigenvalue weighted by Gasteiger charge is -2.22. The molecule has 0 saturated heterocycles. The first-order chi connectivity index (χ1) is 13.7. The Kier molecular flexibility index (Phi) is 5.51. The molecule has 5 heteroatoms. The van der Waals surface area contributed by atoms with E-state index in [2.05, 4.69) is 5.16 Å². The highest BCUT2D eigenvalue weighted by Crippen LogP contribution is 2.32. The maximum absolute atomic E-state index is 12.3. The van der Waals surface area contributed by atoms with E-state index in [0.717, 1.165) is 5.39 Å². The van der Waals surface area contributed by atoms with E-state index in [9.17, 15) is 9.59 Å². The van der Waals surface area contributed by atoms with Gasteiger partial charge in [-0.05, 0) is 36.5 Å². The van der Waals surface area contributed by atoms with Crippen LogP contribution in [-0.2, 0) is 16.0 Å². The second kappa shape index (κ2) is 8.38. The number of nitrogens with zero attached hydrogens (tertiary/aromatic N) is 1. The normalized spacial score (nSPS) is 14.9. The van der Waals surface area contributed by atoms with Gasteiger partial charge in [0, 0.05) is 10.9 Å². The number of benzene rings is 2. The lowest BCUT2D eigenvalue weighted by molar-refractivity contribution is -0.141. The average molecular weight is 377 g/mol. The summed E-state index contributed by atoms with van der Waals surface area (Å²) in [5, 5.41) is 4.70. The monoisotopic (exact) mass is 377 g/mol. The van der Waals surface area contributed by atoms with Gasteiger partial charge in [-0.3, -0.25) is 9.59 Å². The molecule has 1 aliphatic rings. The molecule has 0 bridgehead atoms. The summed E-state index contributed by atoms with van der Waals surface area (Å²) in [7, 11) is 0. The van der Waals surface area contributed by atoms with Crippen molar-refractivity contribution in [2.75, 3.05) is 6.61 Å². The second-order valence-corrected chi connectivity index (χ2v) is 7.34. The van der Waals surface area contributed by atoms with Crippen LogP contribution < -0.4 is 0 Å². The van der Waals surface area contributed by atoms with Crippen LogP contribution in [0.5, 0.6) is 0 Å². The fourth-order valence-corrected chi connectivity index (χ4v) is 3.86. The molecule has 0 radical (unpaired) electrons. The van der Waals surface area contributed by atoms with Crippen LogP contribution in [0.15, 0.2) is 53.1 Å². The molecule has 0 unspecified atom stereocenters. The summed E-state index contributed by atoms with van der Waals surface area (Å²) in [6, 6.07) is 15.1. The van der Waals surface area contributed by atoms with Crippen LogP contribution in [0.3, 0.4) is 0 Å². The molecule has 28 heavy (non-hydrogen) atoms. The van der Waals surface area contributed by atoms with Crippen LogP contribution in [0.1, 0.15) is 59.6 Å². The first-order valence-electron chi connectivity index (χ1n) is 9.83. The number of carbonyl (C=O) groups excluding carboxylic acids is 2. The zero-order valence-electron chi connectivity index (χ0n) is 15.7. The third kappa shape index (κ3) is 4.14. The van der Waals surface area contributed by atoms with Crippen molar-refractivity contribution in [1.82, 2.24) is 5.16 Å². The Hall–Kier alpha value is -2.95. The summed E-state index contributed by atoms with van der Waals surface area (Å²) in [6.45, 7) is -0.266. The van der Waals surface area contributed by atoms with Crippen molar-refractivity contribution < 1.29 is 18.8 Å². The standard InChI is InChI=1S/C23H23NO4/c25-21(18-12-10-17(11-13-18)16-6-2-1-3-7-16)15-27-23(26)14-20-19-8-4-5-9-22(19)28-24-20/h4-5,8-13,16H,1-3,6-7,14-15H2. The van der Waals surface area contributed by atoms with Crippen molar-refractivity contribution in [1.29, 1.82) is 0 Å². The smallest absolute Gasteiger partial charge is 0.312 e. The van der Waals surface area contributed by atoms with Crippen LogP contribution in [0, 0.1) is 0 Å².